The Morgan fingerprint density at radius 2 is 2.13 bits per heavy atom. The number of carbonyl (C=O) groups is 1. The van der Waals surface area contributed by atoms with Gasteiger partial charge in [0.2, 0.25) is 0 Å². The number of aliphatic carboxylic acids is 1. The van der Waals surface area contributed by atoms with Crippen LogP contribution in [0.4, 0.5) is 8.78 Å². The van der Waals surface area contributed by atoms with E-state index in [-0.39, 0.29) is 5.69 Å². The molecule has 0 amide bonds. The van der Waals surface area contributed by atoms with Crippen LogP contribution in [0.1, 0.15) is 17.7 Å². The fourth-order valence-electron chi connectivity index (χ4n) is 1.05. The Labute approximate surface area is 82.0 Å². The van der Waals surface area contributed by atoms with Crippen molar-refractivity contribution >= 4 is 5.97 Å². The summed E-state index contributed by atoms with van der Waals surface area (Å²) >= 11 is 0. The molecular formula is C8H7F2NO4. The third kappa shape index (κ3) is 2.52. The first kappa shape index (κ1) is 11.2. The number of hydrogen-bond acceptors (Lipinski definition) is 3. The number of halogens is 2. The molecule has 0 fully saturated rings. The molecule has 15 heavy (non-hydrogen) atoms. The van der Waals surface area contributed by atoms with Crippen molar-refractivity contribution < 1.29 is 23.8 Å². The second kappa shape index (κ2) is 4.07. The fourth-order valence-corrected chi connectivity index (χ4v) is 1.05. The maximum Gasteiger partial charge on any atom is 0.309 e. The normalized spacial score (nSPS) is 10.6. The first-order chi connectivity index (χ1) is 6.91. The summed E-state index contributed by atoms with van der Waals surface area (Å²) in [5.74, 6) is -2.35. The van der Waals surface area contributed by atoms with E-state index in [1.54, 1.807) is 0 Å². The van der Waals surface area contributed by atoms with Crippen LogP contribution in [0.3, 0.4) is 0 Å². The van der Waals surface area contributed by atoms with E-state index in [1.807, 2.05) is 4.98 Å². The number of nitrogens with one attached hydrogen (secondary N) is 1. The Bertz CT molecular complexity index is 441. The van der Waals surface area contributed by atoms with E-state index in [4.69, 9.17) is 10.2 Å². The number of aromatic amines is 1. The van der Waals surface area contributed by atoms with Crippen LogP contribution in [0.25, 0.3) is 0 Å². The Hall–Kier alpha value is -1.92. The van der Waals surface area contributed by atoms with Crippen LogP contribution in [0.15, 0.2) is 10.9 Å². The van der Waals surface area contributed by atoms with Gasteiger partial charge in [-0.3, -0.25) is 9.59 Å². The molecular weight excluding hydrogens is 212 g/mol. The number of H-pyrrole nitrogens is 1. The van der Waals surface area contributed by atoms with E-state index in [0.717, 1.165) is 6.07 Å². The molecule has 0 saturated carbocycles. The first-order valence-corrected chi connectivity index (χ1v) is 3.87. The number of carboxylic acid groups (broad SMARTS) is 1. The Morgan fingerprint density at radius 3 is 2.60 bits per heavy atom. The second-order valence-corrected chi connectivity index (χ2v) is 2.80. The lowest BCUT2D eigenvalue weighted by Gasteiger charge is -2.04. The first-order valence-electron chi connectivity index (χ1n) is 3.87. The van der Waals surface area contributed by atoms with E-state index >= 15 is 0 Å². The zero-order valence-electron chi connectivity index (χ0n) is 7.33. The highest BCUT2D eigenvalue weighted by atomic mass is 19.3. The molecule has 0 radical (unpaired) electrons. The third-order valence-corrected chi connectivity index (χ3v) is 1.67. The average Bonchev–Trinajstić information content (AvgIpc) is 2.09. The molecule has 0 aromatic carbocycles. The van der Waals surface area contributed by atoms with Crippen LogP contribution in [0.2, 0.25) is 0 Å². The highest BCUT2D eigenvalue weighted by Crippen LogP contribution is 2.25. The molecule has 0 saturated heterocycles. The number of aromatic hydroxyl groups is 1. The number of pyridine rings is 1. The van der Waals surface area contributed by atoms with Crippen molar-refractivity contribution in [1.82, 2.24) is 4.98 Å². The quantitative estimate of drug-likeness (QED) is 0.695. The molecule has 0 spiro atoms. The summed E-state index contributed by atoms with van der Waals surface area (Å²) in [6, 6.07) is 0.759. The van der Waals surface area contributed by atoms with Crippen LogP contribution in [0, 0.1) is 0 Å². The molecule has 0 atom stereocenters. The van der Waals surface area contributed by atoms with E-state index < -0.39 is 35.7 Å². The van der Waals surface area contributed by atoms with Crippen molar-refractivity contribution in [2.45, 2.75) is 12.8 Å². The van der Waals surface area contributed by atoms with E-state index in [0.29, 0.717) is 0 Å². The predicted molar refractivity (Wildman–Crippen MR) is 45.0 cm³/mol. The van der Waals surface area contributed by atoms with Gasteiger partial charge in [-0.15, -0.1) is 0 Å². The lowest BCUT2D eigenvalue weighted by molar-refractivity contribution is -0.136. The molecule has 1 heterocycles. The zero-order chi connectivity index (χ0) is 11.6. The minimum Gasteiger partial charge on any atom is -0.503 e. The van der Waals surface area contributed by atoms with Crippen molar-refractivity contribution in [1.29, 1.82) is 0 Å². The van der Waals surface area contributed by atoms with Crippen molar-refractivity contribution in [2.75, 3.05) is 0 Å². The third-order valence-electron chi connectivity index (χ3n) is 1.67. The minimum absolute atomic E-state index is 0.180. The summed E-state index contributed by atoms with van der Waals surface area (Å²) in [4.78, 5) is 23.2. The number of aromatic nitrogens is 1. The van der Waals surface area contributed by atoms with E-state index in [2.05, 4.69) is 0 Å². The summed E-state index contributed by atoms with van der Waals surface area (Å²) in [5, 5.41) is 17.3. The van der Waals surface area contributed by atoms with Crippen LogP contribution < -0.4 is 5.56 Å². The van der Waals surface area contributed by atoms with Gasteiger partial charge in [0.1, 0.15) is 0 Å². The minimum atomic E-state index is -3.03. The van der Waals surface area contributed by atoms with Gasteiger partial charge in [0, 0.05) is 5.69 Å². The molecule has 1 rings (SSSR count). The summed E-state index contributed by atoms with van der Waals surface area (Å²) in [6.07, 6.45) is -3.62. The molecule has 7 heteroatoms. The highest BCUT2D eigenvalue weighted by Gasteiger charge is 2.17. The van der Waals surface area contributed by atoms with Gasteiger partial charge in [0.15, 0.2) is 5.75 Å². The van der Waals surface area contributed by atoms with Crippen molar-refractivity contribution in [3.05, 3.63) is 27.7 Å². The number of hydrogen-bond donors (Lipinski definition) is 3. The summed E-state index contributed by atoms with van der Waals surface area (Å²) in [5.41, 5.74) is -2.17. The number of carboxylic acids is 1. The SMILES string of the molecule is O=C(O)Cc1cc(C(F)F)c(O)c(=O)[nH]1. The van der Waals surface area contributed by atoms with Gasteiger partial charge in [-0.2, -0.15) is 0 Å². The van der Waals surface area contributed by atoms with Crippen LogP contribution in [0.5, 0.6) is 5.75 Å². The lowest BCUT2D eigenvalue weighted by Crippen LogP contribution is -2.13. The van der Waals surface area contributed by atoms with Crippen molar-refractivity contribution in [3.8, 4) is 5.75 Å². The van der Waals surface area contributed by atoms with Crippen molar-refractivity contribution in [3.63, 3.8) is 0 Å². The summed E-state index contributed by atoms with van der Waals surface area (Å²) in [7, 11) is 0. The highest BCUT2D eigenvalue weighted by molar-refractivity contribution is 5.69. The van der Waals surface area contributed by atoms with Gasteiger partial charge in [-0.05, 0) is 6.07 Å². The Kier molecular flexibility index (Phi) is 3.03. The van der Waals surface area contributed by atoms with Crippen LogP contribution in [-0.4, -0.2) is 21.2 Å². The van der Waals surface area contributed by atoms with Crippen LogP contribution >= 0.6 is 0 Å². The smallest absolute Gasteiger partial charge is 0.309 e. The standard InChI is InChI=1S/C8H7F2NO4/c9-7(10)4-1-3(2-5(12)13)11-8(15)6(4)14/h1,7,14H,2H2,(H,11,15)(H,12,13). The fraction of sp³-hybridized carbons (Fsp3) is 0.250. The molecule has 0 bridgehead atoms. The summed E-state index contributed by atoms with van der Waals surface area (Å²) < 4.78 is 24.5. The molecule has 0 aliphatic heterocycles. The predicted octanol–water partition coefficient (Wildman–Crippen LogP) is 0.645. The van der Waals surface area contributed by atoms with Gasteiger partial charge in [0.25, 0.3) is 12.0 Å². The maximum absolute atomic E-state index is 12.3. The lowest BCUT2D eigenvalue weighted by atomic mass is 10.2. The number of rotatable bonds is 3. The van der Waals surface area contributed by atoms with E-state index in [1.165, 1.54) is 0 Å². The van der Waals surface area contributed by atoms with Crippen LogP contribution in [-0.2, 0) is 11.2 Å². The van der Waals surface area contributed by atoms with Gasteiger partial charge < -0.3 is 15.2 Å². The molecule has 0 aliphatic rings. The van der Waals surface area contributed by atoms with Gasteiger partial charge >= 0.3 is 5.97 Å². The number of alkyl halides is 2. The Balaban J connectivity index is 3.23. The molecule has 1 aromatic heterocycles. The summed E-state index contributed by atoms with van der Waals surface area (Å²) in [6.45, 7) is 0. The topological polar surface area (TPSA) is 90.4 Å². The largest absolute Gasteiger partial charge is 0.503 e. The van der Waals surface area contributed by atoms with Gasteiger partial charge in [-0.25, -0.2) is 8.78 Å². The average molecular weight is 219 g/mol. The monoisotopic (exact) mass is 219 g/mol. The molecule has 1 aromatic rings. The van der Waals surface area contributed by atoms with Gasteiger partial charge in [0.05, 0.1) is 12.0 Å². The Morgan fingerprint density at radius 1 is 1.53 bits per heavy atom. The molecule has 0 aliphatic carbocycles. The molecule has 3 N–H and O–H groups in total. The second-order valence-electron chi connectivity index (χ2n) is 2.80. The molecule has 0 unspecified atom stereocenters. The zero-order valence-corrected chi connectivity index (χ0v) is 7.33. The molecule has 82 valence electrons. The molecule has 5 nitrogen and oxygen atoms in total. The van der Waals surface area contributed by atoms with E-state index in [9.17, 15) is 18.4 Å². The van der Waals surface area contributed by atoms with Gasteiger partial charge in [-0.1, -0.05) is 0 Å². The maximum atomic E-state index is 12.3. The van der Waals surface area contributed by atoms with Crippen molar-refractivity contribution in [2.24, 2.45) is 0 Å².